The van der Waals surface area contributed by atoms with E-state index in [-0.39, 0.29) is 25.2 Å². The van der Waals surface area contributed by atoms with Crippen molar-refractivity contribution in [3.05, 3.63) is 29.3 Å². The SMILES string of the molecule is N#CCN1CCc2c(ncnc2N2CCC[C@@H](Nc3ncc(C(F)(F)F)c(OC4COC4)n3)C2)C1. The summed E-state index contributed by atoms with van der Waals surface area (Å²) in [5, 5.41) is 12.2. The highest BCUT2D eigenvalue weighted by Crippen LogP contribution is 2.36. The number of alkyl halides is 3. The van der Waals surface area contributed by atoms with Crippen LogP contribution in [0.25, 0.3) is 0 Å². The fourth-order valence-electron chi connectivity index (χ4n) is 4.53. The Bertz CT molecular complexity index is 1110. The molecule has 0 saturated carbocycles. The second-order valence-electron chi connectivity index (χ2n) is 8.86. The zero-order valence-corrected chi connectivity index (χ0v) is 19.0. The number of hydrogen-bond donors (Lipinski definition) is 1. The molecule has 1 N–H and O–H groups in total. The van der Waals surface area contributed by atoms with Crippen LogP contribution in [0.15, 0.2) is 12.5 Å². The number of nitrogens with one attached hydrogen (secondary N) is 1. The minimum absolute atomic E-state index is 0.0790. The molecule has 0 radical (unpaired) electrons. The lowest BCUT2D eigenvalue weighted by Crippen LogP contribution is -2.44. The molecule has 0 bridgehead atoms. The second-order valence-corrected chi connectivity index (χ2v) is 8.86. The van der Waals surface area contributed by atoms with Gasteiger partial charge in [0.15, 0.2) is 0 Å². The first kappa shape index (κ1) is 23.5. The smallest absolute Gasteiger partial charge is 0.423 e. The third-order valence-corrected chi connectivity index (χ3v) is 6.36. The Morgan fingerprint density at radius 3 is 2.83 bits per heavy atom. The van der Waals surface area contributed by atoms with Gasteiger partial charge in [0.1, 0.15) is 23.8 Å². The first-order valence-corrected chi connectivity index (χ1v) is 11.5. The summed E-state index contributed by atoms with van der Waals surface area (Å²) < 4.78 is 50.6. The highest BCUT2D eigenvalue weighted by Gasteiger charge is 2.38. The molecule has 0 aliphatic carbocycles. The fraction of sp³-hybridized carbons (Fsp3) is 0.591. The molecule has 0 unspecified atom stereocenters. The Kier molecular flexibility index (Phi) is 6.57. The van der Waals surface area contributed by atoms with Gasteiger partial charge in [-0.25, -0.2) is 15.0 Å². The van der Waals surface area contributed by atoms with E-state index >= 15 is 0 Å². The molecule has 2 saturated heterocycles. The summed E-state index contributed by atoms with van der Waals surface area (Å²) in [4.78, 5) is 21.2. The van der Waals surface area contributed by atoms with Crippen molar-refractivity contribution < 1.29 is 22.6 Å². The van der Waals surface area contributed by atoms with Crippen LogP contribution in [0.2, 0.25) is 0 Å². The molecule has 2 fully saturated rings. The van der Waals surface area contributed by atoms with Crippen molar-refractivity contribution in [2.75, 3.05) is 49.6 Å². The van der Waals surface area contributed by atoms with Crippen molar-refractivity contribution in [2.24, 2.45) is 0 Å². The number of fused-ring (bicyclic) bond motifs is 1. The van der Waals surface area contributed by atoms with E-state index in [0.717, 1.165) is 55.6 Å². The van der Waals surface area contributed by atoms with Crippen molar-refractivity contribution in [2.45, 2.75) is 44.1 Å². The van der Waals surface area contributed by atoms with Crippen LogP contribution in [0.5, 0.6) is 5.88 Å². The Balaban J connectivity index is 1.30. The number of nitriles is 1. The maximum atomic E-state index is 13.4. The Hall–Kier alpha value is -3.24. The van der Waals surface area contributed by atoms with Gasteiger partial charge in [-0.05, 0) is 19.3 Å². The van der Waals surface area contributed by atoms with Crippen molar-refractivity contribution in [1.82, 2.24) is 24.8 Å². The van der Waals surface area contributed by atoms with E-state index in [1.165, 1.54) is 0 Å². The van der Waals surface area contributed by atoms with Crippen LogP contribution in [-0.4, -0.2) is 76.4 Å². The monoisotopic (exact) mass is 490 g/mol. The average Bonchev–Trinajstić information content (AvgIpc) is 2.81. The minimum Gasteiger partial charge on any atom is -0.469 e. The van der Waals surface area contributed by atoms with Crippen LogP contribution in [-0.2, 0) is 23.9 Å². The number of ether oxygens (including phenoxy) is 2. The third-order valence-electron chi connectivity index (χ3n) is 6.36. The predicted octanol–water partition coefficient (Wildman–Crippen LogP) is 2.03. The van der Waals surface area contributed by atoms with Gasteiger partial charge in [-0.1, -0.05) is 0 Å². The van der Waals surface area contributed by atoms with Gasteiger partial charge in [-0.2, -0.15) is 23.4 Å². The van der Waals surface area contributed by atoms with E-state index < -0.39 is 23.7 Å². The molecule has 13 heteroatoms. The highest BCUT2D eigenvalue weighted by molar-refractivity contribution is 5.50. The van der Waals surface area contributed by atoms with Gasteiger partial charge in [0, 0.05) is 44.0 Å². The average molecular weight is 490 g/mol. The van der Waals surface area contributed by atoms with E-state index in [0.29, 0.717) is 19.6 Å². The van der Waals surface area contributed by atoms with Crippen molar-refractivity contribution >= 4 is 11.8 Å². The van der Waals surface area contributed by atoms with E-state index in [2.05, 4.69) is 41.1 Å². The lowest BCUT2D eigenvalue weighted by molar-refractivity contribution is -0.142. The number of anilines is 2. The van der Waals surface area contributed by atoms with Gasteiger partial charge < -0.3 is 19.7 Å². The summed E-state index contributed by atoms with van der Waals surface area (Å²) >= 11 is 0. The van der Waals surface area contributed by atoms with Gasteiger partial charge in [0.25, 0.3) is 0 Å². The summed E-state index contributed by atoms with van der Waals surface area (Å²) in [6.45, 7) is 3.63. The zero-order chi connectivity index (χ0) is 24.4. The quantitative estimate of drug-likeness (QED) is 0.604. The van der Waals surface area contributed by atoms with E-state index in [1.807, 2.05) is 0 Å². The number of hydrogen-bond acceptors (Lipinski definition) is 10. The third kappa shape index (κ3) is 5.23. The molecule has 1 atom stereocenters. The summed E-state index contributed by atoms with van der Waals surface area (Å²) in [5.74, 6) is 0.486. The Morgan fingerprint density at radius 1 is 1.23 bits per heavy atom. The van der Waals surface area contributed by atoms with Crippen LogP contribution in [0.1, 0.15) is 29.7 Å². The van der Waals surface area contributed by atoms with Crippen molar-refractivity contribution in [3.8, 4) is 11.9 Å². The zero-order valence-electron chi connectivity index (χ0n) is 19.0. The molecular formula is C22H25F3N8O2. The van der Waals surface area contributed by atoms with E-state index in [9.17, 15) is 13.2 Å². The summed E-state index contributed by atoms with van der Waals surface area (Å²) in [5.41, 5.74) is 1.02. The van der Waals surface area contributed by atoms with Crippen molar-refractivity contribution in [1.29, 1.82) is 5.26 Å². The highest BCUT2D eigenvalue weighted by atomic mass is 19.4. The molecule has 0 spiro atoms. The van der Waals surface area contributed by atoms with Crippen LogP contribution in [0.4, 0.5) is 24.9 Å². The molecule has 2 aromatic rings. The summed E-state index contributed by atoms with van der Waals surface area (Å²) in [6.07, 6.45) is -0.300. The van der Waals surface area contributed by atoms with Gasteiger partial charge in [-0.15, -0.1) is 0 Å². The Labute approximate surface area is 200 Å². The second kappa shape index (κ2) is 9.79. The Morgan fingerprint density at radius 2 is 2.09 bits per heavy atom. The molecule has 35 heavy (non-hydrogen) atoms. The first-order valence-electron chi connectivity index (χ1n) is 11.5. The van der Waals surface area contributed by atoms with Crippen LogP contribution < -0.4 is 15.0 Å². The molecule has 2 aromatic heterocycles. The maximum Gasteiger partial charge on any atom is 0.423 e. The number of halogens is 3. The van der Waals surface area contributed by atoms with E-state index in [1.54, 1.807) is 6.33 Å². The number of nitrogens with zero attached hydrogens (tertiary/aromatic N) is 7. The van der Waals surface area contributed by atoms with Crippen LogP contribution >= 0.6 is 0 Å². The summed E-state index contributed by atoms with van der Waals surface area (Å²) in [7, 11) is 0. The van der Waals surface area contributed by atoms with Gasteiger partial charge >= 0.3 is 6.18 Å². The van der Waals surface area contributed by atoms with Gasteiger partial charge in [0.2, 0.25) is 11.8 Å². The van der Waals surface area contributed by atoms with Crippen molar-refractivity contribution in [3.63, 3.8) is 0 Å². The molecule has 5 rings (SSSR count). The van der Waals surface area contributed by atoms with E-state index in [4.69, 9.17) is 14.7 Å². The molecule has 0 amide bonds. The molecule has 3 aliphatic heterocycles. The standard InChI is InChI=1S/C22H25F3N8O2/c23-22(24,25)17-8-27-21(31-20(17)35-15-11-34-12-15)30-14-2-1-5-33(9-14)19-16-3-6-32(7-4-26)10-18(16)28-13-29-19/h8,13-15H,1-3,5-7,9-12H2,(H,27,30,31)/t14-/m1/s1. The lowest BCUT2D eigenvalue weighted by atomic mass is 10.0. The molecule has 186 valence electrons. The lowest BCUT2D eigenvalue weighted by Gasteiger charge is -2.36. The number of piperidine rings is 1. The topological polar surface area (TPSA) is 112 Å². The number of rotatable bonds is 6. The molecule has 10 nitrogen and oxygen atoms in total. The largest absolute Gasteiger partial charge is 0.469 e. The van der Waals surface area contributed by atoms with Gasteiger partial charge in [0.05, 0.1) is 31.5 Å². The molecular weight excluding hydrogens is 465 g/mol. The normalized spacial score (nSPS) is 21.1. The maximum absolute atomic E-state index is 13.4. The molecule has 0 aromatic carbocycles. The molecule has 3 aliphatic rings. The van der Waals surface area contributed by atoms with Crippen LogP contribution in [0, 0.1) is 11.3 Å². The van der Waals surface area contributed by atoms with Crippen LogP contribution in [0.3, 0.4) is 0 Å². The summed E-state index contributed by atoms with van der Waals surface area (Å²) in [6, 6.07) is 2.10. The molecule has 5 heterocycles. The first-order chi connectivity index (χ1) is 16.9. The fourth-order valence-corrected chi connectivity index (χ4v) is 4.53. The van der Waals surface area contributed by atoms with Gasteiger partial charge in [-0.3, -0.25) is 4.90 Å². The predicted molar refractivity (Wildman–Crippen MR) is 118 cm³/mol. The minimum atomic E-state index is -4.62. The number of aromatic nitrogens is 4.